The Balaban J connectivity index is 4.05. The van der Waals surface area contributed by atoms with Gasteiger partial charge in [0, 0.05) is 6.61 Å². The van der Waals surface area contributed by atoms with Gasteiger partial charge in [0.25, 0.3) is 0 Å². The van der Waals surface area contributed by atoms with E-state index in [9.17, 15) is 9.46 Å². The number of rotatable bonds is 46. The molecule has 0 aliphatic heterocycles. The van der Waals surface area contributed by atoms with Crippen LogP contribution in [0.5, 0.6) is 0 Å². The van der Waals surface area contributed by atoms with E-state index in [0.717, 1.165) is 19.4 Å². The van der Waals surface area contributed by atoms with Gasteiger partial charge in [-0.05, 0) is 81.1 Å². The topological polar surface area (TPSA) is 74.2 Å². The third-order valence-electron chi connectivity index (χ3n) is 12.5. The Hall–Kier alpha value is 0.0300. The summed E-state index contributed by atoms with van der Waals surface area (Å²) in [5.41, 5.74) is -1.41. The van der Waals surface area contributed by atoms with Crippen LogP contribution >= 0.6 is 7.60 Å². The molecule has 0 saturated heterocycles. The van der Waals surface area contributed by atoms with Crippen LogP contribution in [0, 0.1) is 0 Å². The van der Waals surface area contributed by atoms with E-state index in [2.05, 4.69) is 41.5 Å². The second kappa shape index (κ2) is 36.4. The molecule has 1 N–H and O–H groups in total. The van der Waals surface area contributed by atoms with Gasteiger partial charge in [0.1, 0.15) is 0 Å². The molecule has 0 amide bonds. The Labute approximate surface area is 370 Å². The maximum atomic E-state index is 13.5. The highest BCUT2D eigenvalue weighted by molar-refractivity contribution is 7.54. The molecule has 0 aromatic rings. The summed E-state index contributed by atoms with van der Waals surface area (Å²) in [5.74, 6) is 0. The molecule has 6 nitrogen and oxygen atoms in total. The maximum Gasteiger partial charge on any atom is 0.359 e. The second-order valence-corrected chi connectivity index (χ2v) is 23.0. The standard InChI is InChI=1S/C52H107O6P/c1-11-13-15-17-19-21-23-25-27-29-31-33-35-37-39-41-43-49(3,4)56-47-45-51(7,8)58-59(53,54)52(9,10)57-48-44-50(5,6)55-46-42-40-38-36-34-32-30-28-26-24-22-20-18-16-14-12-2/h11-48H2,1-10H3,(H,53,54). The van der Waals surface area contributed by atoms with Crippen molar-refractivity contribution in [2.75, 3.05) is 19.8 Å². The molecule has 0 rings (SSSR count). The van der Waals surface area contributed by atoms with Crippen molar-refractivity contribution < 1.29 is 28.2 Å². The Morgan fingerprint density at radius 2 is 0.610 bits per heavy atom. The van der Waals surface area contributed by atoms with Crippen LogP contribution in [0.3, 0.4) is 0 Å². The van der Waals surface area contributed by atoms with Crippen LogP contribution in [-0.4, -0.2) is 46.9 Å². The SMILES string of the molecule is CCCCCCCCCCCCCCCCCCOC(C)(C)CCOC(C)(C)P(=O)(O)OC(C)(C)CCOC(C)(C)CCCCCCCCCCCCCCCCCC. The van der Waals surface area contributed by atoms with Crippen molar-refractivity contribution in [1.29, 1.82) is 0 Å². The van der Waals surface area contributed by atoms with Gasteiger partial charge in [0.15, 0.2) is 5.34 Å². The van der Waals surface area contributed by atoms with E-state index in [1.807, 2.05) is 13.8 Å². The normalized spacial score (nSPS) is 14.0. The lowest BCUT2D eigenvalue weighted by molar-refractivity contribution is -0.0674. The van der Waals surface area contributed by atoms with Crippen LogP contribution in [0.15, 0.2) is 0 Å². The van der Waals surface area contributed by atoms with E-state index in [-0.39, 0.29) is 11.2 Å². The zero-order chi connectivity index (χ0) is 44.2. The first kappa shape index (κ1) is 59.0. The Morgan fingerprint density at radius 1 is 0.339 bits per heavy atom. The van der Waals surface area contributed by atoms with Crippen molar-refractivity contribution in [3.63, 3.8) is 0 Å². The first-order valence-corrected chi connectivity index (χ1v) is 27.5. The van der Waals surface area contributed by atoms with Gasteiger partial charge in [-0.2, -0.15) is 0 Å². The fraction of sp³-hybridized carbons (Fsp3) is 1.00. The molecule has 0 aliphatic rings. The third kappa shape index (κ3) is 37.1. The third-order valence-corrected chi connectivity index (χ3v) is 14.8. The molecule has 0 spiro atoms. The van der Waals surface area contributed by atoms with Gasteiger partial charge in [0.2, 0.25) is 0 Å². The second-order valence-electron chi connectivity index (χ2n) is 20.7. The first-order chi connectivity index (χ1) is 28.0. The minimum absolute atomic E-state index is 0.224. The average molecular weight is 859 g/mol. The Kier molecular flexibility index (Phi) is 36.4. The van der Waals surface area contributed by atoms with Crippen molar-refractivity contribution in [1.82, 2.24) is 0 Å². The molecule has 59 heavy (non-hydrogen) atoms. The fourth-order valence-electron chi connectivity index (χ4n) is 7.93. The van der Waals surface area contributed by atoms with Crippen molar-refractivity contribution in [2.24, 2.45) is 0 Å². The summed E-state index contributed by atoms with van der Waals surface area (Å²) in [6.07, 6.45) is 45.9. The molecular weight excluding hydrogens is 752 g/mol. The summed E-state index contributed by atoms with van der Waals surface area (Å²) in [7, 11) is -4.10. The molecule has 0 saturated carbocycles. The van der Waals surface area contributed by atoms with Gasteiger partial charge < -0.3 is 23.6 Å². The average Bonchev–Trinajstić information content (AvgIpc) is 3.15. The first-order valence-electron chi connectivity index (χ1n) is 25.9. The number of unbranched alkanes of at least 4 members (excludes halogenated alkanes) is 30. The molecule has 0 heterocycles. The van der Waals surface area contributed by atoms with E-state index in [4.69, 9.17) is 18.7 Å². The van der Waals surface area contributed by atoms with Gasteiger partial charge in [-0.1, -0.05) is 213 Å². The molecule has 0 bridgehead atoms. The minimum atomic E-state index is -4.10. The molecule has 0 aromatic carbocycles. The number of ether oxygens (including phenoxy) is 3. The van der Waals surface area contributed by atoms with Crippen LogP contribution in [0.4, 0.5) is 0 Å². The van der Waals surface area contributed by atoms with Crippen molar-refractivity contribution in [3.05, 3.63) is 0 Å². The van der Waals surface area contributed by atoms with Gasteiger partial charge in [-0.3, -0.25) is 4.57 Å². The highest BCUT2D eigenvalue weighted by Gasteiger charge is 2.46. The van der Waals surface area contributed by atoms with Crippen LogP contribution in [0.1, 0.15) is 294 Å². The van der Waals surface area contributed by atoms with Gasteiger partial charge in [0.05, 0.1) is 30.0 Å². The summed E-state index contributed by atoms with van der Waals surface area (Å²) in [4.78, 5) is 11.1. The smallest absolute Gasteiger partial charge is 0.359 e. The molecule has 0 fully saturated rings. The molecule has 356 valence electrons. The molecule has 7 heteroatoms. The molecular formula is C52H107O6P. The molecule has 0 aromatic heterocycles. The Morgan fingerprint density at radius 3 is 0.983 bits per heavy atom. The lowest BCUT2D eigenvalue weighted by atomic mass is 9.98. The van der Waals surface area contributed by atoms with E-state index < -0.39 is 18.5 Å². The van der Waals surface area contributed by atoms with Crippen LogP contribution in [0.25, 0.3) is 0 Å². The zero-order valence-corrected chi connectivity index (χ0v) is 42.7. The monoisotopic (exact) mass is 859 g/mol. The van der Waals surface area contributed by atoms with Crippen LogP contribution in [0.2, 0.25) is 0 Å². The Bertz CT molecular complexity index is 963. The summed E-state index contributed by atoms with van der Waals surface area (Å²) in [5, 5.41) is -1.33. The van der Waals surface area contributed by atoms with Crippen molar-refractivity contribution in [3.8, 4) is 0 Å². The van der Waals surface area contributed by atoms with E-state index >= 15 is 0 Å². The zero-order valence-electron chi connectivity index (χ0n) is 41.8. The summed E-state index contributed by atoms with van der Waals surface area (Å²) < 4.78 is 38.0. The molecule has 0 radical (unpaired) electrons. The van der Waals surface area contributed by atoms with E-state index in [0.29, 0.717) is 26.1 Å². The van der Waals surface area contributed by atoms with Gasteiger partial charge >= 0.3 is 7.60 Å². The lowest BCUT2D eigenvalue weighted by Crippen LogP contribution is -2.35. The molecule has 0 aliphatic carbocycles. The highest BCUT2D eigenvalue weighted by atomic mass is 31.2. The quantitative estimate of drug-likeness (QED) is 0.0485. The summed E-state index contributed by atoms with van der Waals surface area (Å²) in [6.45, 7) is 21.6. The maximum absolute atomic E-state index is 13.5. The fourth-order valence-corrected chi connectivity index (χ4v) is 9.17. The highest BCUT2D eigenvalue weighted by Crippen LogP contribution is 2.58. The number of hydrogen-bond donors (Lipinski definition) is 1. The largest absolute Gasteiger partial charge is 0.375 e. The van der Waals surface area contributed by atoms with Gasteiger partial charge in [-0.15, -0.1) is 0 Å². The van der Waals surface area contributed by atoms with Crippen LogP contribution < -0.4 is 0 Å². The van der Waals surface area contributed by atoms with E-state index in [1.165, 1.54) is 199 Å². The minimum Gasteiger partial charge on any atom is -0.375 e. The van der Waals surface area contributed by atoms with Crippen LogP contribution in [-0.2, 0) is 23.3 Å². The molecule has 1 atom stereocenters. The lowest BCUT2D eigenvalue weighted by Gasteiger charge is -2.37. The van der Waals surface area contributed by atoms with Crippen molar-refractivity contribution in [2.45, 2.75) is 316 Å². The van der Waals surface area contributed by atoms with Gasteiger partial charge in [-0.25, -0.2) is 0 Å². The predicted octanol–water partition coefficient (Wildman–Crippen LogP) is 18.0. The molecule has 1 unspecified atom stereocenters. The van der Waals surface area contributed by atoms with E-state index in [1.54, 1.807) is 13.8 Å². The summed E-state index contributed by atoms with van der Waals surface area (Å²) >= 11 is 0. The number of hydrogen-bond acceptors (Lipinski definition) is 5. The predicted molar refractivity (Wildman–Crippen MR) is 258 cm³/mol. The van der Waals surface area contributed by atoms with Crippen molar-refractivity contribution >= 4 is 7.60 Å². The summed E-state index contributed by atoms with van der Waals surface area (Å²) in [6, 6.07) is 0.